The van der Waals surface area contributed by atoms with Crippen molar-refractivity contribution in [1.29, 1.82) is 0 Å². The van der Waals surface area contributed by atoms with E-state index in [4.69, 9.17) is 9.15 Å². The summed E-state index contributed by atoms with van der Waals surface area (Å²) < 4.78 is 10.5. The Balaban J connectivity index is 1.83. The van der Waals surface area contributed by atoms with Gasteiger partial charge in [-0.1, -0.05) is 12.1 Å². The normalized spacial score (nSPS) is 10.0. The average molecular weight is 302 g/mol. The first-order valence-corrected chi connectivity index (χ1v) is 6.99. The van der Waals surface area contributed by atoms with Crippen LogP contribution >= 0.6 is 0 Å². The molecule has 6 heteroatoms. The van der Waals surface area contributed by atoms with Crippen molar-refractivity contribution < 1.29 is 18.7 Å². The summed E-state index contributed by atoms with van der Waals surface area (Å²) in [7, 11) is 0. The zero-order valence-corrected chi connectivity index (χ0v) is 12.3. The number of rotatable bonds is 7. The molecule has 0 unspecified atom stereocenters. The van der Waals surface area contributed by atoms with Gasteiger partial charge in [-0.25, -0.2) is 0 Å². The molecule has 1 heterocycles. The minimum absolute atomic E-state index is 0.259. The topological polar surface area (TPSA) is 80.6 Å². The van der Waals surface area contributed by atoms with E-state index in [9.17, 15) is 9.59 Å². The molecule has 0 aliphatic carbocycles. The van der Waals surface area contributed by atoms with Crippen LogP contribution in [0, 0.1) is 0 Å². The Hall–Kier alpha value is -2.76. The monoisotopic (exact) mass is 302 g/mol. The average Bonchev–Trinajstić information content (AvgIpc) is 3.01. The first kappa shape index (κ1) is 15.6. The van der Waals surface area contributed by atoms with E-state index in [1.807, 2.05) is 13.0 Å². The van der Waals surface area contributed by atoms with Gasteiger partial charge in [-0.15, -0.1) is 0 Å². The van der Waals surface area contributed by atoms with Crippen molar-refractivity contribution in [3.8, 4) is 5.75 Å². The Morgan fingerprint density at radius 3 is 2.68 bits per heavy atom. The first-order chi connectivity index (χ1) is 10.7. The third kappa shape index (κ3) is 4.66. The fraction of sp³-hybridized carbons (Fsp3) is 0.250. The van der Waals surface area contributed by atoms with Gasteiger partial charge in [0.25, 0.3) is 0 Å². The summed E-state index contributed by atoms with van der Waals surface area (Å²) >= 11 is 0. The molecule has 1 aromatic carbocycles. The lowest BCUT2D eigenvalue weighted by Crippen LogP contribution is -2.27. The number of para-hydroxylation sites is 2. The van der Waals surface area contributed by atoms with Crippen LogP contribution in [0.15, 0.2) is 47.1 Å². The Morgan fingerprint density at radius 2 is 1.95 bits per heavy atom. The molecule has 0 fully saturated rings. The van der Waals surface area contributed by atoms with Crippen LogP contribution in [0.1, 0.15) is 19.1 Å². The van der Waals surface area contributed by atoms with E-state index in [1.165, 1.54) is 6.26 Å². The molecule has 2 aromatic rings. The number of carbonyl (C=O) groups excluding carboxylic acids is 2. The molecule has 0 atom stereocenters. The summed E-state index contributed by atoms with van der Waals surface area (Å²) in [5.74, 6) is 0.441. The highest BCUT2D eigenvalue weighted by Gasteiger charge is 2.12. The SMILES string of the molecule is CCOc1ccccc1NC(=O)CC(=O)NCc1ccco1. The van der Waals surface area contributed by atoms with Crippen molar-refractivity contribution in [1.82, 2.24) is 5.32 Å². The Bertz CT molecular complexity index is 623. The van der Waals surface area contributed by atoms with Gasteiger partial charge >= 0.3 is 0 Å². The zero-order chi connectivity index (χ0) is 15.8. The van der Waals surface area contributed by atoms with Gasteiger partial charge in [0.2, 0.25) is 11.8 Å². The molecule has 6 nitrogen and oxygen atoms in total. The molecule has 0 aliphatic rings. The maximum absolute atomic E-state index is 11.9. The number of ether oxygens (including phenoxy) is 1. The van der Waals surface area contributed by atoms with E-state index in [-0.39, 0.29) is 18.9 Å². The molecule has 2 amide bonds. The number of anilines is 1. The summed E-state index contributed by atoms with van der Waals surface area (Å²) in [5, 5.41) is 5.29. The predicted octanol–water partition coefficient (Wildman–Crippen LogP) is 2.32. The smallest absolute Gasteiger partial charge is 0.233 e. The zero-order valence-electron chi connectivity index (χ0n) is 12.3. The Morgan fingerprint density at radius 1 is 1.14 bits per heavy atom. The van der Waals surface area contributed by atoms with E-state index >= 15 is 0 Å². The molecule has 0 bridgehead atoms. The highest BCUT2D eigenvalue weighted by molar-refractivity contribution is 6.04. The highest BCUT2D eigenvalue weighted by Crippen LogP contribution is 2.23. The second kappa shape index (κ2) is 7.87. The quantitative estimate of drug-likeness (QED) is 0.769. The van der Waals surface area contributed by atoms with Gasteiger partial charge in [0.1, 0.15) is 17.9 Å². The highest BCUT2D eigenvalue weighted by atomic mass is 16.5. The van der Waals surface area contributed by atoms with E-state index < -0.39 is 5.91 Å². The van der Waals surface area contributed by atoms with Crippen molar-refractivity contribution in [2.75, 3.05) is 11.9 Å². The summed E-state index contributed by atoms with van der Waals surface area (Å²) in [6, 6.07) is 10.6. The van der Waals surface area contributed by atoms with Crippen molar-refractivity contribution in [2.45, 2.75) is 19.9 Å². The molecule has 2 rings (SSSR count). The molecular formula is C16H18N2O4. The van der Waals surface area contributed by atoms with Crippen LogP contribution in [0.25, 0.3) is 0 Å². The number of benzene rings is 1. The molecule has 22 heavy (non-hydrogen) atoms. The van der Waals surface area contributed by atoms with Crippen LogP contribution in [-0.4, -0.2) is 18.4 Å². The number of carbonyl (C=O) groups is 2. The van der Waals surface area contributed by atoms with Gasteiger partial charge in [0.15, 0.2) is 0 Å². The molecule has 1 aromatic heterocycles. The van der Waals surface area contributed by atoms with Gasteiger partial charge in [-0.3, -0.25) is 9.59 Å². The number of furan rings is 1. The summed E-state index contributed by atoms with van der Waals surface area (Å²) in [5.41, 5.74) is 0.549. The Labute approximate surface area is 128 Å². The van der Waals surface area contributed by atoms with Crippen molar-refractivity contribution in [2.24, 2.45) is 0 Å². The second-order valence-electron chi connectivity index (χ2n) is 4.51. The fourth-order valence-electron chi connectivity index (χ4n) is 1.85. The third-order valence-corrected chi connectivity index (χ3v) is 2.82. The third-order valence-electron chi connectivity index (χ3n) is 2.82. The van der Waals surface area contributed by atoms with Gasteiger partial charge < -0.3 is 19.8 Å². The Kier molecular flexibility index (Phi) is 5.59. The molecule has 0 aliphatic heterocycles. The number of hydrogen-bond donors (Lipinski definition) is 2. The van der Waals surface area contributed by atoms with Crippen LogP contribution in [0.5, 0.6) is 5.75 Å². The summed E-state index contributed by atoms with van der Waals surface area (Å²) in [6.45, 7) is 2.62. The van der Waals surface area contributed by atoms with Gasteiger partial charge in [0.05, 0.1) is 25.1 Å². The predicted molar refractivity (Wildman–Crippen MR) is 81.4 cm³/mol. The van der Waals surface area contributed by atoms with E-state index in [1.54, 1.807) is 30.3 Å². The first-order valence-electron chi connectivity index (χ1n) is 6.99. The molecule has 2 N–H and O–H groups in total. The van der Waals surface area contributed by atoms with Crippen LogP contribution in [-0.2, 0) is 16.1 Å². The van der Waals surface area contributed by atoms with E-state index in [0.717, 1.165) is 0 Å². The lowest BCUT2D eigenvalue weighted by molar-refractivity contribution is -0.127. The van der Waals surface area contributed by atoms with Gasteiger partial charge in [-0.2, -0.15) is 0 Å². The van der Waals surface area contributed by atoms with E-state index in [0.29, 0.717) is 23.8 Å². The van der Waals surface area contributed by atoms with Gasteiger partial charge in [-0.05, 0) is 31.2 Å². The maximum Gasteiger partial charge on any atom is 0.233 e. The van der Waals surface area contributed by atoms with E-state index in [2.05, 4.69) is 10.6 Å². The minimum Gasteiger partial charge on any atom is -0.492 e. The largest absolute Gasteiger partial charge is 0.492 e. The number of hydrogen-bond acceptors (Lipinski definition) is 4. The van der Waals surface area contributed by atoms with Gasteiger partial charge in [0, 0.05) is 0 Å². The van der Waals surface area contributed by atoms with Crippen LogP contribution < -0.4 is 15.4 Å². The number of nitrogens with one attached hydrogen (secondary N) is 2. The lowest BCUT2D eigenvalue weighted by Gasteiger charge is -2.11. The molecule has 0 saturated carbocycles. The lowest BCUT2D eigenvalue weighted by atomic mass is 10.2. The van der Waals surface area contributed by atoms with Crippen LogP contribution in [0.2, 0.25) is 0 Å². The molecule has 0 radical (unpaired) electrons. The molecular weight excluding hydrogens is 284 g/mol. The van der Waals surface area contributed by atoms with Crippen LogP contribution in [0.3, 0.4) is 0 Å². The molecule has 116 valence electrons. The summed E-state index contributed by atoms with van der Waals surface area (Å²) in [6.07, 6.45) is 1.26. The van der Waals surface area contributed by atoms with Crippen molar-refractivity contribution in [3.05, 3.63) is 48.4 Å². The van der Waals surface area contributed by atoms with Crippen LogP contribution in [0.4, 0.5) is 5.69 Å². The molecule has 0 spiro atoms. The second-order valence-corrected chi connectivity index (χ2v) is 4.51. The fourth-order valence-corrected chi connectivity index (χ4v) is 1.85. The molecule has 0 saturated heterocycles. The maximum atomic E-state index is 11.9. The van der Waals surface area contributed by atoms with Crippen molar-refractivity contribution in [3.63, 3.8) is 0 Å². The van der Waals surface area contributed by atoms with Crippen molar-refractivity contribution >= 4 is 17.5 Å². The standard InChI is InChI=1S/C16H18N2O4/c1-2-21-14-8-4-3-7-13(14)18-16(20)10-15(19)17-11-12-6-5-9-22-12/h3-9H,2,10-11H2,1H3,(H,17,19)(H,18,20). The summed E-state index contributed by atoms with van der Waals surface area (Å²) in [4.78, 5) is 23.6. The number of amides is 2. The minimum atomic E-state index is -0.399.